The number of alkyl halides is 3. The maximum atomic E-state index is 13.6. The smallest absolute Gasteiger partial charge is 0.419 e. The molecule has 1 aromatic heterocycles. The predicted molar refractivity (Wildman–Crippen MR) is 109 cm³/mol. The number of aliphatic hydroxyl groups is 1. The van der Waals surface area contributed by atoms with Crippen molar-refractivity contribution >= 4 is 11.3 Å². The van der Waals surface area contributed by atoms with Crippen LogP contribution in [-0.2, 0) is 19.0 Å². The first-order valence-electron chi connectivity index (χ1n) is 9.44. The molecule has 9 heteroatoms. The maximum absolute atomic E-state index is 13.6. The number of halogens is 3. The second kappa shape index (κ2) is 9.55. The first kappa shape index (κ1) is 22.2. The Morgan fingerprint density at radius 2 is 1.80 bits per heavy atom. The third-order valence-corrected chi connectivity index (χ3v) is 5.67. The Kier molecular flexibility index (Phi) is 7.06. The van der Waals surface area contributed by atoms with Crippen molar-refractivity contribution in [1.82, 2.24) is 10.2 Å². The van der Waals surface area contributed by atoms with Gasteiger partial charge in [0.25, 0.3) is 0 Å². The van der Waals surface area contributed by atoms with E-state index in [0.29, 0.717) is 16.4 Å². The van der Waals surface area contributed by atoms with Crippen LogP contribution in [0.15, 0.2) is 42.5 Å². The molecule has 1 unspecified atom stereocenters. The van der Waals surface area contributed by atoms with Crippen molar-refractivity contribution in [3.8, 4) is 16.3 Å². The Morgan fingerprint density at radius 1 is 1.10 bits per heavy atom. The van der Waals surface area contributed by atoms with Crippen molar-refractivity contribution in [1.29, 1.82) is 0 Å². The highest BCUT2D eigenvalue weighted by Crippen LogP contribution is 2.39. The molecule has 0 spiro atoms. The number of nitrogens with zero attached hydrogens (tertiary/aromatic N) is 2. The Bertz CT molecular complexity index is 974. The monoisotopic (exact) mass is 437 g/mol. The SMILES string of the molecule is CCc1ccc(CCOc2ccc(-c3nnc(C(N)CO)s3)cc2C(F)(F)F)cc1. The van der Waals surface area contributed by atoms with Crippen molar-refractivity contribution in [3.63, 3.8) is 0 Å². The molecule has 3 N–H and O–H groups in total. The first-order valence-corrected chi connectivity index (χ1v) is 10.3. The van der Waals surface area contributed by atoms with Gasteiger partial charge >= 0.3 is 6.18 Å². The molecule has 0 aliphatic carbocycles. The molecule has 0 aliphatic heterocycles. The molecular formula is C21H22F3N3O2S. The molecular weight excluding hydrogens is 415 g/mol. The maximum Gasteiger partial charge on any atom is 0.419 e. The molecule has 0 radical (unpaired) electrons. The molecule has 160 valence electrons. The van der Waals surface area contributed by atoms with Crippen molar-refractivity contribution in [2.24, 2.45) is 5.73 Å². The van der Waals surface area contributed by atoms with Gasteiger partial charge in [0.15, 0.2) is 0 Å². The third kappa shape index (κ3) is 5.35. The zero-order valence-corrected chi connectivity index (χ0v) is 17.1. The largest absolute Gasteiger partial charge is 0.493 e. The van der Waals surface area contributed by atoms with Gasteiger partial charge in [-0.25, -0.2) is 0 Å². The molecule has 30 heavy (non-hydrogen) atoms. The summed E-state index contributed by atoms with van der Waals surface area (Å²) in [5.41, 5.74) is 7.28. The van der Waals surface area contributed by atoms with Gasteiger partial charge in [0.2, 0.25) is 0 Å². The van der Waals surface area contributed by atoms with Crippen LogP contribution in [0.4, 0.5) is 13.2 Å². The molecule has 0 amide bonds. The molecule has 3 aromatic rings. The normalized spacial score (nSPS) is 12.7. The molecule has 0 saturated carbocycles. The van der Waals surface area contributed by atoms with E-state index in [1.165, 1.54) is 17.7 Å². The van der Waals surface area contributed by atoms with Crippen molar-refractivity contribution < 1.29 is 23.0 Å². The summed E-state index contributed by atoms with van der Waals surface area (Å²) in [7, 11) is 0. The lowest BCUT2D eigenvalue weighted by Crippen LogP contribution is -2.13. The second-order valence-electron chi connectivity index (χ2n) is 6.71. The predicted octanol–water partition coefficient (Wildman–Crippen LogP) is 4.40. The summed E-state index contributed by atoms with van der Waals surface area (Å²) in [5.74, 6) is -0.228. The minimum atomic E-state index is -4.58. The summed E-state index contributed by atoms with van der Waals surface area (Å²) in [4.78, 5) is 0. The van der Waals surface area contributed by atoms with Crippen LogP contribution < -0.4 is 10.5 Å². The van der Waals surface area contributed by atoms with Gasteiger partial charge in [-0.1, -0.05) is 42.5 Å². The highest BCUT2D eigenvalue weighted by atomic mass is 32.1. The number of rotatable bonds is 8. The van der Waals surface area contributed by atoms with Crippen LogP contribution in [0.3, 0.4) is 0 Å². The van der Waals surface area contributed by atoms with Gasteiger partial charge in [0, 0.05) is 12.0 Å². The van der Waals surface area contributed by atoms with E-state index in [0.717, 1.165) is 29.4 Å². The van der Waals surface area contributed by atoms with Crippen molar-refractivity contribution in [3.05, 3.63) is 64.2 Å². The quantitative estimate of drug-likeness (QED) is 0.546. The van der Waals surface area contributed by atoms with Crippen LogP contribution in [0, 0.1) is 0 Å². The number of ether oxygens (including phenoxy) is 1. The van der Waals surface area contributed by atoms with E-state index in [2.05, 4.69) is 17.1 Å². The number of aromatic nitrogens is 2. The zero-order chi connectivity index (χ0) is 21.7. The van der Waals surface area contributed by atoms with Crippen molar-refractivity contribution in [2.45, 2.75) is 32.0 Å². The molecule has 2 aromatic carbocycles. The van der Waals surface area contributed by atoms with Gasteiger partial charge in [-0.2, -0.15) is 13.2 Å². The highest BCUT2D eigenvalue weighted by Gasteiger charge is 2.35. The summed E-state index contributed by atoms with van der Waals surface area (Å²) >= 11 is 1.05. The summed E-state index contributed by atoms with van der Waals surface area (Å²) in [6.45, 7) is 1.86. The van der Waals surface area contributed by atoms with Crippen LogP contribution in [-0.4, -0.2) is 28.5 Å². The van der Waals surface area contributed by atoms with E-state index < -0.39 is 17.8 Å². The lowest BCUT2D eigenvalue weighted by molar-refractivity contribution is -0.138. The molecule has 3 rings (SSSR count). The van der Waals surface area contributed by atoms with Crippen molar-refractivity contribution in [2.75, 3.05) is 13.2 Å². The topological polar surface area (TPSA) is 81.3 Å². The van der Waals surface area contributed by atoms with E-state index >= 15 is 0 Å². The van der Waals surface area contributed by atoms with E-state index in [-0.39, 0.29) is 24.5 Å². The van der Waals surface area contributed by atoms with E-state index in [4.69, 9.17) is 15.6 Å². The Labute approximate surface area is 176 Å². The van der Waals surface area contributed by atoms with E-state index in [1.807, 2.05) is 24.3 Å². The van der Waals surface area contributed by atoms with Crippen LogP contribution in [0.1, 0.15) is 34.7 Å². The first-order chi connectivity index (χ1) is 14.3. The van der Waals surface area contributed by atoms with E-state index in [9.17, 15) is 13.2 Å². The van der Waals surface area contributed by atoms with Crippen LogP contribution in [0.2, 0.25) is 0 Å². The summed E-state index contributed by atoms with van der Waals surface area (Å²) in [5, 5.41) is 17.5. The van der Waals surface area contributed by atoms with Gasteiger partial charge in [-0.3, -0.25) is 0 Å². The Balaban J connectivity index is 1.76. The molecule has 1 heterocycles. The molecule has 0 fully saturated rings. The standard InChI is InChI=1S/C21H22F3N3O2S/c1-2-13-3-5-14(6-4-13)9-10-29-18-8-7-15(11-16(18)21(22,23)24)19-26-27-20(30-19)17(25)12-28/h3-8,11,17,28H,2,9-10,12,25H2,1H3. The lowest BCUT2D eigenvalue weighted by Gasteiger charge is -2.15. The number of hydrogen-bond acceptors (Lipinski definition) is 6. The van der Waals surface area contributed by atoms with Gasteiger partial charge < -0.3 is 15.6 Å². The summed E-state index contributed by atoms with van der Waals surface area (Å²) in [6, 6.07) is 11.0. The zero-order valence-electron chi connectivity index (χ0n) is 16.3. The number of aliphatic hydroxyl groups excluding tert-OH is 1. The average molecular weight is 437 g/mol. The van der Waals surface area contributed by atoms with E-state index in [1.54, 1.807) is 0 Å². The van der Waals surface area contributed by atoms with Gasteiger partial charge in [0.1, 0.15) is 15.8 Å². The molecule has 0 saturated heterocycles. The summed E-state index contributed by atoms with van der Waals surface area (Å²) in [6.07, 6.45) is -3.15. The number of aryl methyl sites for hydroxylation is 1. The molecule has 0 aliphatic rings. The minimum Gasteiger partial charge on any atom is -0.493 e. The Morgan fingerprint density at radius 3 is 2.43 bits per heavy atom. The fraction of sp³-hybridized carbons (Fsp3) is 0.333. The summed E-state index contributed by atoms with van der Waals surface area (Å²) < 4.78 is 46.3. The molecule has 1 atom stereocenters. The lowest BCUT2D eigenvalue weighted by atomic mass is 10.1. The number of hydrogen-bond donors (Lipinski definition) is 2. The van der Waals surface area contributed by atoms with Crippen LogP contribution in [0.5, 0.6) is 5.75 Å². The minimum absolute atomic E-state index is 0.127. The van der Waals surface area contributed by atoms with Gasteiger partial charge in [0.05, 0.1) is 24.8 Å². The molecule has 5 nitrogen and oxygen atoms in total. The van der Waals surface area contributed by atoms with Crippen LogP contribution in [0.25, 0.3) is 10.6 Å². The molecule has 0 bridgehead atoms. The average Bonchev–Trinajstić information content (AvgIpc) is 3.23. The fourth-order valence-electron chi connectivity index (χ4n) is 2.81. The van der Waals surface area contributed by atoms with Gasteiger partial charge in [-0.05, 0) is 35.7 Å². The van der Waals surface area contributed by atoms with Crippen LogP contribution >= 0.6 is 11.3 Å². The highest BCUT2D eigenvalue weighted by molar-refractivity contribution is 7.14. The number of benzene rings is 2. The Hall–Kier alpha value is -2.49. The van der Waals surface area contributed by atoms with Gasteiger partial charge in [-0.15, -0.1) is 10.2 Å². The third-order valence-electron chi connectivity index (χ3n) is 4.57. The number of nitrogens with two attached hydrogens (primary N) is 1. The fourth-order valence-corrected chi connectivity index (χ4v) is 3.64. The second-order valence-corrected chi connectivity index (χ2v) is 7.72.